The molecule has 140 valence electrons. The van der Waals surface area contributed by atoms with Crippen molar-refractivity contribution < 1.29 is 19.1 Å². The largest absolute Gasteiger partial charge is 0.496 e. The van der Waals surface area contributed by atoms with Gasteiger partial charge in [0, 0.05) is 12.6 Å². The van der Waals surface area contributed by atoms with E-state index >= 15 is 0 Å². The zero-order chi connectivity index (χ0) is 19.6. The molecule has 6 nitrogen and oxygen atoms in total. The van der Waals surface area contributed by atoms with Gasteiger partial charge in [0.2, 0.25) is 0 Å². The van der Waals surface area contributed by atoms with Gasteiger partial charge in [0.1, 0.15) is 5.75 Å². The van der Waals surface area contributed by atoms with Gasteiger partial charge < -0.3 is 14.0 Å². The molecule has 0 bridgehead atoms. The number of fused-ring (bicyclic) bond motifs is 1. The Labute approximate surface area is 160 Å². The number of ether oxygens (including phenoxy) is 2. The first-order chi connectivity index (χ1) is 12.9. The minimum Gasteiger partial charge on any atom is -0.496 e. The maximum Gasteiger partial charge on any atom is 0.337 e. The summed E-state index contributed by atoms with van der Waals surface area (Å²) >= 11 is 1.35. The van der Waals surface area contributed by atoms with Gasteiger partial charge in [-0.1, -0.05) is 29.0 Å². The standard InChI is InChI=1S/C20H20N2O4S/c1-12-5-8-16(25-3)14(9-12)11-18(23)21-20-22(2)15-7-6-13(19(24)26-4)10-17(15)27-20/h5-10H,11H2,1-4H3. The van der Waals surface area contributed by atoms with Crippen LogP contribution in [-0.2, 0) is 23.0 Å². The fourth-order valence-electron chi connectivity index (χ4n) is 2.84. The number of aromatic nitrogens is 1. The number of amides is 1. The summed E-state index contributed by atoms with van der Waals surface area (Å²) in [7, 11) is 4.77. The molecule has 1 aromatic heterocycles. The van der Waals surface area contributed by atoms with Gasteiger partial charge in [-0.3, -0.25) is 4.79 Å². The highest BCUT2D eigenvalue weighted by Gasteiger charge is 2.12. The van der Waals surface area contributed by atoms with Crippen molar-refractivity contribution in [3.63, 3.8) is 0 Å². The Hall–Kier alpha value is -2.93. The molecule has 0 aliphatic heterocycles. The fraction of sp³-hybridized carbons (Fsp3) is 0.250. The summed E-state index contributed by atoms with van der Waals surface area (Å²) in [4.78, 5) is 29.0. The van der Waals surface area contributed by atoms with Gasteiger partial charge >= 0.3 is 5.97 Å². The molecule has 0 fully saturated rings. The maximum atomic E-state index is 12.5. The molecule has 0 aliphatic carbocycles. The van der Waals surface area contributed by atoms with Crippen molar-refractivity contribution in [3.8, 4) is 5.75 Å². The van der Waals surface area contributed by atoms with E-state index in [4.69, 9.17) is 9.47 Å². The van der Waals surface area contributed by atoms with Crippen molar-refractivity contribution in [1.29, 1.82) is 0 Å². The Morgan fingerprint density at radius 2 is 1.93 bits per heavy atom. The van der Waals surface area contributed by atoms with E-state index in [1.807, 2.05) is 42.8 Å². The number of methoxy groups -OCH3 is 2. The average molecular weight is 384 g/mol. The molecule has 0 atom stereocenters. The predicted octanol–water partition coefficient (Wildman–Crippen LogP) is 3.01. The Balaban J connectivity index is 1.95. The molecule has 0 unspecified atom stereocenters. The number of hydrogen-bond donors (Lipinski definition) is 0. The van der Waals surface area contributed by atoms with E-state index in [0.717, 1.165) is 21.3 Å². The smallest absolute Gasteiger partial charge is 0.337 e. The summed E-state index contributed by atoms with van der Waals surface area (Å²) in [5, 5.41) is 0. The molecule has 1 amide bonds. The Morgan fingerprint density at radius 3 is 2.63 bits per heavy atom. The third-order valence-electron chi connectivity index (χ3n) is 4.23. The van der Waals surface area contributed by atoms with Crippen LogP contribution in [0.3, 0.4) is 0 Å². The van der Waals surface area contributed by atoms with Crippen molar-refractivity contribution in [2.24, 2.45) is 12.0 Å². The molecular formula is C20H20N2O4S. The number of hydrogen-bond acceptors (Lipinski definition) is 5. The zero-order valence-electron chi connectivity index (χ0n) is 15.6. The fourth-order valence-corrected chi connectivity index (χ4v) is 3.91. The maximum absolute atomic E-state index is 12.5. The summed E-state index contributed by atoms with van der Waals surface area (Å²) in [6, 6.07) is 11.0. The van der Waals surface area contributed by atoms with Gasteiger partial charge in [0.25, 0.3) is 5.91 Å². The van der Waals surface area contributed by atoms with Crippen LogP contribution in [0.2, 0.25) is 0 Å². The van der Waals surface area contributed by atoms with Gasteiger partial charge in [-0.2, -0.15) is 4.99 Å². The number of carbonyl (C=O) groups is 2. The average Bonchev–Trinajstić information content (AvgIpc) is 2.96. The number of aryl methyl sites for hydroxylation is 2. The molecule has 0 spiro atoms. The second-order valence-electron chi connectivity index (χ2n) is 6.12. The van der Waals surface area contributed by atoms with E-state index in [1.165, 1.54) is 18.4 Å². The highest BCUT2D eigenvalue weighted by atomic mass is 32.1. The van der Waals surface area contributed by atoms with E-state index in [2.05, 4.69) is 4.99 Å². The van der Waals surface area contributed by atoms with Crippen LogP contribution in [0.15, 0.2) is 41.4 Å². The normalized spacial score (nSPS) is 11.6. The highest BCUT2D eigenvalue weighted by Crippen LogP contribution is 2.21. The summed E-state index contributed by atoms with van der Waals surface area (Å²) in [6.07, 6.45) is 0.159. The van der Waals surface area contributed by atoms with Crippen molar-refractivity contribution in [1.82, 2.24) is 4.57 Å². The van der Waals surface area contributed by atoms with Crippen LogP contribution in [0.1, 0.15) is 21.5 Å². The Kier molecular flexibility index (Phi) is 5.41. The minimum atomic E-state index is -0.394. The van der Waals surface area contributed by atoms with Crippen LogP contribution in [-0.4, -0.2) is 30.7 Å². The number of nitrogens with zero attached hydrogens (tertiary/aromatic N) is 2. The van der Waals surface area contributed by atoms with Crippen LogP contribution in [0, 0.1) is 6.92 Å². The van der Waals surface area contributed by atoms with Gasteiger partial charge in [0.15, 0.2) is 4.80 Å². The monoisotopic (exact) mass is 384 g/mol. The van der Waals surface area contributed by atoms with E-state index in [-0.39, 0.29) is 12.3 Å². The molecule has 0 saturated carbocycles. The lowest BCUT2D eigenvalue weighted by atomic mass is 10.1. The quantitative estimate of drug-likeness (QED) is 0.649. The molecule has 0 radical (unpaired) electrons. The van der Waals surface area contributed by atoms with Crippen LogP contribution >= 0.6 is 11.3 Å². The summed E-state index contributed by atoms with van der Waals surface area (Å²) in [5.74, 6) is 0.0240. The lowest BCUT2D eigenvalue weighted by Crippen LogP contribution is -2.14. The third-order valence-corrected chi connectivity index (χ3v) is 5.32. The van der Waals surface area contributed by atoms with Gasteiger partial charge in [0.05, 0.1) is 36.4 Å². The zero-order valence-corrected chi connectivity index (χ0v) is 16.4. The molecule has 0 saturated heterocycles. The number of thiazole rings is 1. The summed E-state index contributed by atoms with van der Waals surface area (Å²) < 4.78 is 12.8. The second-order valence-corrected chi connectivity index (χ2v) is 7.12. The van der Waals surface area contributed by atoms with Crippen LogP contribution in [0.4, 0.5) is 0 Å². The van der Waals surface area contributed by atoms with Gasteiger partial charge in [-0.25, -0.2) is 4.79 Å². The van der Waals surface area contributed by atoms with Crippen LogP contribution in [0.25, 0.3) is 10.2 Å². The number of carbonyl (C=O) groups excluding carboxylic acids is 2. The number of benzene rings is 2. The van der Waals surface area contributed by atoms with Crippen LogP contribution in [0.5, 0.6) is 5.75 Å². The SMILES string of the molecule is COC(=O)c1ccc2c(c1)sc(=NC(=O)Cc1cc(C)ccc1OC)n2C. The summed E-state index contributed by atoms with van der Waals surface area (Å²) in [6.45, 7) is 1.97. The Morgan fingerprint density at radius 1 is 1.15 bits per heavy atom. The molecule has 3 rings (SSSR count). The van der Waals surface area contributed by atoms with Crippen molar-refractivity contribution >= 4 is 33.4 Å². The predicted molar refractivity (Wildman–Crippen MR) is 104 cm³/mol. The van der Waals surface area contributed by atoms with E-state index in [0.29, 0.717) is 16.1 Å². The molecular weight excluding hydrogens is 364 g/mol. The first kappa shape index (κ1) is 18.8. The van der Waals surface area contributed by atoms with E-state index in [9.17, 15) is 9.59 Å². The highest BCUT2D eigenvalue weighted by molar-refractivity contribution is 7.16. The van der Waals surface area contributed by atoms with E-state index < -0.39 is 5.97 Å². The van der Waals surface area contributed by atoms with Crippen molar-refractivity contribution in [2.75, 3.05) is 14.2 Å². The molecule has 3 aromatic rings. The summed E-state index contributed by atoms with van der Waals surface area (Å²) in [5.41, 5.74) is 3.23. The Bertz CT molecular complexity index is 1100. The van der Waals surface area contributed by atoms with E-state index in [1.54, 1.807) is 19.2 Å². The molecule has 7 heteroatoms. The molecule has 27 heavy (non-hydrogen) atoms. The lowest BCUT2D eigenvalue weighted by molar-refractivity contribution is -0.117. The minimum absolute atomic E-state index is 0.159. The van der Waals surface area contributed by atoms with Gasteiger partial charge in [-0.05, 0) is 31.2 Å². The first-order valence-corrected chi connectivity index (χ1v) is 9.13. The lowest BCUT2D eigenvalue weighted by Gasteiger charge is -2.07. The molecule has 2 aromatic carbocycles. The number of rotatable bonds is 4. The molecule has 0 N–H and O–H groups in total. The second kappa shape index (κ2) is 7.75. The topological polar surface area (TPSA) is 69.9 Å². The van der Waals surface area contributed by atoms with Crippen LogP contribution < -0.4 is 9.54 Å². The van der Waals surface area contributed by atoms with Crippen molar-refractivity contribution in [3.05, 3.63) is 57.9 Å². The molecule has 0 aliphatic rings. The third kappa shape index (κ3) is 3.93. The van der Waals surface area contributed by atoms with Gasteiger partial charge in [-0.15, -0.1) is 0 Å². The van der Waals surface area contributed by atoms with Crippen molar-refractivity contribution in [2.45, 2.75) is 13.3 Å². The first-order valence-electron chi connectivity index (χ1n) is 8.32. The number of esters is 1. The molecule has 1 heterocycles.